The summed E-state index contributed by atoms with van der Waals surface area (Å²) in [6.07, 6.45) is 0. The van der Waals surface area contributed by atoms with E-state index in [1.54, 1.807) is 34.2 Å². The van der Waals surface area contributed by atoms with Crippen LogP contribution in [-0.2, 0) is 0 Å². The van der Waals surface area contributed by atoms with Crippen LogP contribution in [0.1, 0.15) is 17.3 Å². The number of fused-ring (bicyclic) bond motifs is 1. The quantitative estimate of drug-likeness (QED) is 0.485. The Morgan fingerprint density at radius 3 is 2.77 bits per heavy atom. The summed E-state index contributed by atoms with van der Waals surface area (Å²) in [5.41, 5.74) is 1.96. The minimum absolute atomic E-state index is 0.169. The van der Waals surface area contributed by atoms with E-state index in [9.17, 15) is 4.79 Å². The molecule has 8 nitrogen and oxygen atoms in total. The molecule has 0 fully saturated rings. The van der Waals surface area contributed by atoms with E-state index in [1.807, 2.05) is 48.7 Å². The third-order valence-corrected chi connectivity index (χ3v) is 5.47. The van der Waals surface area contributed by atoms with E-state index in [1.165, 1.54) is 0 Å². The van der Waals surface area contributed by atoms with Crippen LogP contribution in [0.25, 0.3) is 16.4 Å². The van der Waals surface area contributed by atoms with Crippen LogP contribution in [0, 0.1) is 0 Å². The van der Waals surface area contributed by atoms with Gasteiger partial charge in [-0.2, -0.15) is 4.98 Å². The molecule has 2 aromatic heterocycles. The highest BCUT2D eigenvalue weighted by Crippen LogP contribution is 2.33. The van der Waals surface area contributed by atoms with Crippen molar-refractivity contribution in [2.75, 3.05) is 18.7 Å². The predicted octanol–water partition coefficient (Wildman–Crippen LogP) is 4.38. The molecule has 1 N–H and O–H groups in total. The maximum Gasteiger partial charge on any atom is 0.336 e. The number of rotatable bonds is 6. The van der Waals surface area contributed by atoms with Gasteiger partial charge in [0.15, 0.2) is 17.3 Å². The molecule has 0 spiro atoms. The predicted molar refractivity (Wildman–Crippen MR) is 116 cm³/mol. The van der Waals surface area contributed by atoms with Crippen molar-refractivity contribution in [2.24, 2.45) is 0 Å². The molecule has 0 radical (unpaired) electrons. The third-order valence-electron chi connectivity index (χ3n) is 4.61. The lowest BCUT2D eigenvalue weighted by Crippen LogP contribution is -2.11. The number of carbonyl (C=O) groups is 1. The number of nitrogens with one attached hydrogen (secondary N) is 1. The van der Waals surface area contributed by atoms with Crippen molar-refractivity contribution >= 4 is 22.9 Å². The average Bonchev–Trinajstić information content (AvgIpc) is 3.54. The van der Waals surface area contributed by atoms with E-state index < -0.39 is 0 Å². The van der Waals surface area contributed by atoms with Crippen LogP contribution in [0.15, 0.2) is 60.0 Å². The first kappa shape index (κ1) is 19.1. The summed E-state index contributed by atoms with van der Waals surface area (Å²) in [4.78, 5) is 18.1. The highest BCUT2D eigenvalue weighted by Gasteiger charge is 2.17. The van der Waals surface area contributed by atoms with Gasteiger partial charge >= 0.3 is 6.01 Å². The zero-order valence-corrected chi connectivity index (χ0v) is 17.4. The van der Waals surface area contributed by atoms with Crippen LogP contribution in [-0.4, -0.2) is 34.1 Å². The summed E-state index contributed by atoms with van der Waals surface area (Å²) in [5.74, 6) is 1.68. The lowest BCUT2D eigenvalue weighted by atomic mass is 10.2. The maximum atomic E-state index is 12.6. The van der Waals surface area contributed by atoms with Crippen LogP contribution >= 0.6 is 11.3 Å². The van der Waals surface area contributed by atoms with Crippen molar-refractivity contribution in [3.8, 4) is 33.9 Å². The summed E-state index contributed by atoms with van der Waals surface area (Å²) in [5, 5.41) is 9.36. The summed E-state index contributed by atoms with van der Waals surface area (Å²) in [6, 6.07) is 16.8. The number of benzene rings is 2. The van der Waals surface area contributed by atoms with Crippen LogP contribution in [0.2, 0.25) is 0 Å². The van der Waals surface area contributed by atoms with Gasteiger partial charge in [-0.25, -0.2) is 4.68 Å². The molecule has 2 aromatic carbocycles. The van der Waals surface area contributed by atoms with Gasteiger partial charge in [-0.3, -0.25) is 4.79 Å². The van der Waals surface area contributed by atoms with E-state index in [-0.39, 0.29) is 12.7 Å². The fourth-order valence-corrected chi connectivity index (χ4v) is 3.85. The fourth-order valence-electron chi connectivity index (χ4n) is 3.16. The minimum atomic E-state index is -0.232. The molecule has 0 unspecified atom stereocenters. The van der Waals surface area contributed by atoms with Crippen molar-refractivity contribution in [3.63, 3.8) is 0 Å². The molecular weight excluding hydrogens is 416 g/mol. The molecule has 9 heteroatoms. The lowest BCUT2D eigenvalue weighted by molar-refractivity contribution is 0.102. The van der Waals surface area contributed by atoms with E-state index >= 15 is 0 Å². The molecular formula is C22H18N4O4S. The molecule has 1 amide bonds. The van der Waals surface area contributed by atoms with Crippen molar-refractivity contribution in [1.29, 1.82) is 0 Å². The minimum Gasteiger partial charge on any atom is -0.463 e. The number of anilines is 1. The standard InChI is InChI=1S/C22H18N4O4S/c1-2-28-22-24-20(19-4-3-11-31-19)26(25-22)16-8-6-15(7-9-16)23-21(27)14-5-10-17-18(12-14)30-13-29-17/h3-12H,2,13H2,1H3,(H,23,27). The Kier molecular flexibility index (Phi) is 5.01. The van der Waals surface area contributed by atoms with Gasteiger partial charge in [0.2, 0.25) is 6.79 Å². The first-order chi connectivity index (χ1) is 15.2. The number of carbonyl (C=O) groups excluding carboxylic acids is 1. The van der Waals surface area contributed by atoms with Crippen molar-refractivity contribution in [2.45, 2.75) is 6.92 Å². The Morgan fingerprint density at radius 1 is 1.16 bits per heavy atom. The molecule has 0 aliphatic carbocycles. The number of amides is 1. The molecule has 3 heterocycles. The Bertz CT molecular complexity index is 1220. The topological polar surface area (TPSA) is 87.5 Å². The largest absolute Gasteiger partial charge is 0.463 e. The third kappa shape index (κ3) is 3.82. The van der Waals surface area contributed by atoms with Crippen LogP contribution in [0.5, 0.6) is 17.5 Å². The fraction of sp³-hybridized carbons (Fsp3) is 0.136. The summed E-state index contributed by atoms with van der Waals surface area (Å²) < 4.78 is 17.8. The maximum absolute atomic E-state index is 12.6. The van der Waals surface area contributed by atoms with E-state index in [0.717, 1.165) is 10.6 Å². The number of ether oxygens (including phenoxy) is 3. The Labute approximate surface area is 182 Å². The molecule has 4 aromatic rings. The SMILES string of the molecule is CCOc1nc(-c2cccs2)n(-c2ccc(NC(=O)c3ccc4c(c3)OCO4)cc2)n1. The number of hydrogen-bond donors (Lipinski definition) is 1. The Morgan fingerprint density at radius 2 is 2.00 bits per heavy atom. The second-order valence-electron chi connectivity index (χ2n) is 6.61. The van der Waals surface area contributed by atoms with E-state index in [2.05, 4.69) is 15.4 Å². The van der Waals surface area contributed by atoms with Gasteiger partial charge in [-0.1, -0.05) is 6.07 Å². The second-order valence-corrected chi connectivity index (χ2v) is 7.56. The van der Waals surface area contributed by atoms with Gasteiger partial charge < -0.3 is 19.5 Å². The van der Waals surface area contributed by atoms with Gasteiger partial charge in [0, 0.05) is 11.3 Å². The van der Waals surface area contributed by atoms with E-state index in [0.29, 0.717) is 41.2 Å². The number of nitrogens with zero attached hydrogens (tertiary/aromatic N) is 3. The molecule has 1 aliphatic heterocycles. The number of hydrogen-bond acceptors (Lipinski definition) is 7. The van der Waals surface area contributed by atoms with Crippen molar-refractivity contribution in [1.82, 2.24) is 14.8 Å². The second kappa shape index (κ2) is 8.11. The number of thiophene rings is 1. The van der Waals surface area contributed by atoms with E-state index in [4.69, 9.17) is 14.2 Å². The van der Waals surface area contributed by atoms with Gasteiger partial charge in [0.05, 0.1) is 17.2 Å². The molecule has 0 bridgehead atoms. The highest BCUT2D eigenvalue weighted by molar-refractivity contribution is 7.13. The van der Waals surface area contributed by atoms with Crippen LogP contribution in [0.3, 0.4) is 0 Å². The van der Waals surface area contributed by atoms with Crippen molar-refractivity contribution < 1.29 is 19.0 Å². The zero-order chi connectivity index (χ0) is 21.2. The van der Waals surface area contributed by atoms with Gasteiger partial charge in [-0.05, 0) is 60.8 Å². The van der Waals surface area contributed by atoms with Gasteiger partial charge in [-0.15, -0.1) is 16.4 Å². The summed E-state index contributed by atoms with van der Waals surface area (Å²) in [7, 11) is 0. The van der Waals surface area contributed by atoms with Crippen LogP contribution in [0.4, 0.5) is 5.69 Å². The lowest BCUT2D eigenvalue weighted by Gasteiger charge is -2.08. The molecule has 0 atom stereocenters. The monoisotopic (exact) mass is 434 g/mol. The molecule has 156 valence electrons. The molecule has 0 saturated carbocycles. The first-order valence-electron chi connectivity index (χ1n) is 9.66. The summed E-state index contributed by atoms with van der Waals surface area (Å²) >= 11 is 1.58. The average molecular weight is 434 g/mol. The van der Waals surface area contributed by atoms with Crippen LogP contribution < -0.4 is 19.5 Å². The zero-order valence-electron chi connectivity index (χ0n) is 16.6. The highest BCUT2D eigenvalue weighted by atomic mass is 32.1. The summed E-state index contributed by atoms with van der Waals surface area (Å²) in [6.45, 7) is 2.55. The Hall–Kier alpha value is -3.85. The molecule has 31 heavy (non-hydrogen) atoms. The smallest absolute Gasteiger partial charge is 0.336 e. The number of aromatic nitrogens is 3. The normalized spacial score (nSPS) is 12.0. The Balaban J connectivity index is 1.37. The first-order valence-corrected chi connectivity index (χ1v) is 10.5. The van der Waals surface area contributed by atoms with Gasteiger partial charge in [0.25, 0.3) is 5.91 Å². The molecule has 1 aliphatic rings. The molecule has 5 rings (SSSR count). The van der Waals surface area contributed by atoms with Gasteiger partial charge in [0.1, 0.15) is 0 Å². The van der Waals surface area contributed by atoms with Crippen molar-refractivity contribution in [3.05, 3.63) is 65.5 Å². The molecule has 0 saturated heterocycles.